The number of carbonyl (C=O) groups is 1. The number of hydrogen-bond donors (Lipinski definition) is 2. The van der Waals surface area contributed by atoms with Crippen LogP contribution in [0.1, 0.15) is 47.5 Å². The van der Waals surface area contributed by atoms with Crippen LogP contribution in [0.15, 0.2) is 58.7 Å². The number of benzene rings is 1. The third-order valence-electron chi connectivity index (χ3n) is 5.02. The van der Waals surface area contributed by atoms with Gasteiger partial charge in [-0.05, 0) is 61.8 Å². The smallest absolute Gasteiger partial charge is 0.307 e. The van der Waals surface area contributed by atoms with E-state index in [0.717, 1.165) is 24.2 Å². The average molecular weight is 339 g/mol. The molecule has 0 bridgehead atoms. The Hall–Kier alpha value is -2.36. The van der Waals surface area contributed by atoms with Crippen LogP contribution in [-0.2, 0) is 0 Å². The van der Waals surface area contributed by atoms with Crippen LogP contribution in [0.5, 0.6) is 0 Å². The highest BCUT2D eigenvalue weighted by atomic mass is 16.2. The van der Waals surface area contributed by atoms with E-state index in [9.17, 15) is 4.79 Å². The molecule has 2 rings (SSSR count). The van der Waals surface area contributed by atoms with E-state index < -0.39 is 0 Å². The van der Waals surface area contributed by atoms with E-state index in [4.69, 9.17) is 0 Å². The van der Waals surface area contributed by atoms with Gasteiger partial charge in [0.05, 0.1) is 5.71 Å². The molecule has 1 aromatic rings. The van der Waals surface area contributed by atoms with Gasteiger partial charge >= 0.3 is 6.03 Å². The van der Waals surface area contributed by atoms with Crippen molar-refractivity contribution in [3.05, 3.63) is 53.6 Å². The van der Waals surface area contributed by atoms with Gasteiger partial charge in [0.15, 0.2) is 0 Å². The Morgan fingerprint density at radius 2 is 1.96 bits per heavy atom. The van der Waals surface area contributed by atoms with Crippen molar-refractivity contribution in [3.63, 3.8) is 0 Å². The predicted molar refractivity (Wildman–Crippen MR) is 106 cm³/mol. The van der Waals surface area contributed by atoms with Crippen LogP contribution < -0.4 is 10.7 Å². The lowest BCUT2D eigenvalue weighted by atomic mass is 9.68. The van der Waals surface area contributed by atoms with Gasteiger partial charge in [0, 0.05) is 5.69 Å². The molecule has 1 aliphatic carbocycles. The number of anilines is 1. The fraction of sp³-hybridized carbons (Fsp3) is 0.429. The van der Waals surface area contributed by atoms with E-state index in [0.29, 0.717) is 11.3 Å². The van der Waals surface area contributed by atoms with Gasteiger partial charge < -0.3 is 5.32 Å². The third-order valence-corrected chi connectivity index (χ3v) is 5.02. The molecular weight excluding hydrogens is 310 g/mol. The molecule has 0 spiro atoms. The van der Waals surface area contributed by atoms with E-state index in [-0.39, 0.29) is 6.03 Å². The maximum atomic E-state index is 11.8. The number of allylic oxidation sites excluding steroid dienone is 4. The van der Waals surface area contributed by atoms with Gasteiger partial charge in [-0.3, -0.25) is 0 Å². The number of hydrogen-bond acceptors (Lipinski definition) is 2. The molecule has 0 aromatic heterocycles. The molecule has 0 saturated carbocycles. The lowest BCUT2D eigenvalue weighted by Crippen LogP contribution is -2.26. The second-order valence-electron chi connectivity index (χ2n) is 7.59. The number of nitrogens with zero attached hydrogens (tertiary/aromatic N) is 1. The molecule has 0 fully saturated rings. The van der Waals surface area contributed by atoms with Gasteiger partial charge in [-0.25, -0.2) is 10.2 Å². The Morgan fingerprint density at radius 1 is 1.28 bits per heavy atom. The normalized spacial score (nSPS) is 20.7. The largest absolute Gasteiger partial charge is 0.339 e. The number of carbonyl (C=O) groups excluding carboxylic acids is 1. The summed E-state index contributed by atoms with van der Waals surface area (Å²) in [4.78, 5) is 11.8. The molecular formula is C21H29N3O. The highest BCUT2D eigenvalue weighted by molar-refractivity contribution is 5.95. The van der Waals surface area contributed by atoms with Crippen LogP contribution in [0.4, 0.5) is 10.5 Å². The zero-order valence-electron chi connectivity index (χ0n) is 15.9. The second kappa shape index (κ2) is 8.15. The maximum Gasteiger partial charge on any atom is 0.339 e. The van der Waals surface area contributed by atoms with E-state index in [1.165, 1.54) is 11.1 Å². The van der Waals surface area contributed by atoms with Gasteiger partial charge in [-0.1, -0.05) is 50.6 Å². The van der Waals surface area contributed by atoms with E-state index in [2.05, 4.69) is 49.6 Å². The summed E-state index contributed by atoms with van der Waals surface area (Å²) in [6.45, 7) is 11.1. The first-order valence-electron chi connectivity index (χ1n) is 8.81. The van der Waals surface area contributed by atoms with Crippen molar-refractivity contribution in [1.29, 1.82) is 0 Å². The standard InChI is InChI=1S/C21H29N3O/c1-15-14-21(4,5)16(2)13-18(15)12-11-17(3)23-24-20(25)22-19-9-7-6-8-10-19/h6-12,16H,13-14H2,1-5H3,(H2,22,24,25)/b12-11+,23-17-. The van der Waals surface area contributed by atoms with Gasteiger partial charge in [-0.2, -0.15) is 5.10 Å². The summed E-state index contributed by atoms with van der Waals surface area (Å²) in [5.41, 5.74) is 7.22. The maximum absolute atomic E-state index is 11.8. The lowest BCUT2D eigenvalue weighted by molar-refractivity contribution is 0.213. The number of urea groups is 1. The van der Waals surface area contributed by atoms with Crippen LogP contribution >= 0.6 is 0 Å². The number of hydrazone groups is 1. The van der Waals surface area contributed by atoms with Crippen LogP contribution in [0, 0.1) is 11.3 Å². The molecule has 1 aromatic carbocycles. The minimum absolute atomic E-state index is 0.345. The molecule has 1 aliphatic rings. The van der Waals surface area contributed by atoms with Crippen LogP contribution in [0.2, 0.25) is 0 Å². The van der Waals surface area contributed by atoms with Gasteiger partial charge in [0.2, 0.25) is 0 Å². The highest BCUT2D eigenvalue weighted by Crippen LogP contribution is 2.43. The van der Waals surface area contributed by atoms with Crippen LogP contribution in [0.25, 0.3) is 0 Å². The Bertz CT molecular complexity index is 699. The summed E-state index contributed by atoms with van der Waals surface area (Å²) in [7, 11) is 0. The minimum atomic E-state index is -0.345. The molecule has 134 valence electrons. The second-order valence-corrected chi connectivity index (χ2v) is 7.59. The topological polar surface area (TPSA) is 53.5 Å². The molecule has 0 saturated heterocycles. The summed E-state index contributed by atoms with van der Waals surface area (Å²) in [6.07, 6.45) is 6.32. The molecule has 25 heavy (non-hydrogen) atoms. The molecule has 2 N–H and O–H groups in total. The number of rotatable bonds is 4. The van der Waals surface area contributed by atoms with Crippen molar-refractivity contribution in [2.24, 2.45) is 16.4 Å². The molecule has 1 atom stereocenters. The Balaban J connectivity index is 1.92. The summed E-state index contributed by atoms with van der Waals surface area (Å²) in [5.74, 6) is 0.655. The molecule has 2 amide bonds. The Kier molecular flexibility index (Phi) is 6.18. The van der Waals surface area contributed by atoms with Crippen molar-refractivity contribution in [1.82, 2.24) is 5.43 Å². The summed E-state index contributed by atoms with van der Waals surface area (Å²) >= 11 is 0. The fourth-order valence-corrected chi connectivity index (χ4v) is 3.04. The summed E-state index contributed by atoms with van der Waals surface area (Å²) in [6, 6.07) is 8.96. The number of nitrogens with one attached hydrogen (secondary N) is 2. The molecule has 0 heterocycles. The van der Waals surface area contributed by atoms with Crippen molar-refractivity contribution in [2.45, 2.75) is 47.5 Å². The van der Waals surface area contributed by atoms with Crippen LogP contribution in [-0.4, -0.2) is 11.7 Å². The van der Waals surface area contributed by atoms with Crippen LogP contribution in [0.3, 0.4) is 0 Å². The van der Waals surface area contributed by atoms with Crippen molar-refractivity contribution in [2.75, 3.05) is 5.32 Å². The summed E-state index contributed by atoms with van der Waals surface area (Å²) in [5, 5.41) is 6.86. The molecule has 4 nitrogen and oxygen atoms in total. The van der Waals surface area contributed by atoms with Crippen molar-refractivity contribution < 1.29 is 4.79 Å². The SMILES string of the molecule is CC1=C(/C=C/C(C)=N\NC(=O)Nc2ccccc2)CC(C)C(C)(C)C1. The monoisotopic (exact) mass is 339 g/mol. The quantitative estimate of drug-likeness (QED) is 0.551. The average Bonchev–Trinajstić information content (AvgIpc) is 2.55. The zero-order chi connectivity index (χ0) is 18.4. The number of para-hydroxylation sites is 1. The first-order chi connectivity index (χ1) is 11.8. The summed E-state index contributed by atoms with van der Waals surface area (Å²) < 4.78 is 0. The lowest BCUT2D eigenvalue weighted by Gasteiger charge is -2.37. The third kappa shape index (κ3) is 5.59. The van der Waals surface area contributed by atoms with E-state index >= 15 is 0 Å². The van der Waals surface area contributed by atoms with E-state index in [1.54, 1.807) is 0 Å². The van der Waals surface area contributed by atoms with Gasteiger partial charge in [0.1, 0.15) is 0 Å². The Morgan fingerprint density at radius 3 is 2.64 bits per heavy atom. The number of amides is 2. The minimum Gasteiger partial charge on any atom is -0.307 e. The first-order valence-corrected chi connectivity index (χ1v) is 8.81. The predicted octanol–water partition coefficient (Wildman–Crippen LogP) is 5.51. The van der Waals surface area contributed by atoms with Gasteiger partial charge in [0.25, 0.3) is 0 Å². The fourth-order valence-electron chi connectivity index (χ4n) is 3.04. The van der Waals surface area contributed by atoms with Crippen molar-refractivity contribution >= 4 is 17.4 Å². The molecule has 0 aliphatic heterocycles. The van der Waals surface area contributed by atoms with E-state index in [1.807, 2.05) is 43.3 Å². The molecule has 1 unspecified atom stereocenters. The van der Waals surface area contributed by atoms with Gasteiger partial charge in [-0.15, -0.1) is 0 Å². The van der Waals surface area contributed by atoms with Crippen molar-refractivity contribution in [3.8, 4) is 0 Å². The highest BCUT2D eigenvalue weighted by Gasteiger charge is 2.31. The Labute approximate surface area is 151 Å². The molecule has 0 radical (unpaired) electrons. The molecule has 4 heteroatoms. The first kappa shape index (κ1) is 19.0. The zero-order valence-corrected chi connectivity index (χ0v) is 15.9.